The number of hydrogen-bond acceptors (Lipinski definition) is 3. The molecule has 1 aliphatic carbocycles. The Balaban J connectivity index is 1.89. The maximum absolute atomic E-state index is 13.3. The van der Waals surface area contributed by atoms with Gasteiger partial charge in [0.2, 0.25) is 11.8 Å². The fourth-order valence-corrected chi connectivity index (χ4v) is 3.98. The van der Waals surface area contributed by atoms with Crippen LogP contribution in [0.3, 0.4) is 0 Å². The summed E-state index contributed by atoms with van der Waals surface area (Å²) in [5.74, 6) is 0.358. The highest BCUT2D eigenvalue weighted by atomic mass is 16.2. The van der Waals surface area contributed by atoms with E-state index in [2.05, 4.69) is 50.0 Å². The molecule has 1 N–H and O–H groups in total. The van der Waals surface area contributed by atoms with Crippen LogP contribution in [0.15, 0.2) is 48.5 Å². The number of carbonyl (C=O) groups is 2. The summed E-state index contributed by atoms with van der Waals surface area (Å²) in [5, 5.41) is 3.04. The van der Waals surface area contributed by atoms with E-state index in [1.165, 1.54) is 0 Å². The van der Waals surface area contributed by atoms with E-state index in [-0.39, 0.29) is 29.2 Å². The van der Waals surface area contributed by atoms with Gasteiger partial charge in [0, 0.05) is 44.4 Å². The first-order valence-electron chi connectivity index (χ1n) is 11.5. The van der Waals surface area contributed by atoms with Crippen molar-refractivity contribution in [1.29, 1.82) is 0 Å². The Morgan fingerprint density at radius 1 is 1.06 bits per heavy atom. The van der Waals surface area contributed by atoms with Gasteiger partial charge in [-0.1, -0.05) is 51.1 Å². The highest BCUT2D eigenvalue weighted by Crippen LogP contribution is 2.36. The van der Waals surface area contributed by atoms with Crippen LogP contribution in [0, 0.1) is 11.3 Å². The van der Waals surface area contributed by atoms with Crippen molar-refractivity contribution in [2.75, 3.05) is 24.3 Å². The van der Waals surface area contributed by atoms with Gasteiger partial charge in [-0.05, 0) is 54.5 Å². The number of carbonyl (C=O) groups excluding carboxylic acids is 2. The van der Waals surface area contributed by atoms with Crippen molar-refractivity contribution in [3.05, 3.63) is 59.7 Å². The third-order valence-corrected chi connectivity index (χ3v) is 5.84. The summed E-state index contributed by atoms with van der Waals surface area (Å²) in [4.78, 5) is 29.8. The number of hydrogen-bond donors (Lipinski definition) is 1. The Kier molecular flexibility index (Phi) is 7.27. The van der Waals surface area contributed by atoms with E-state index < -0.39 is 0 Å². The summed E-state index contributed by atoms with van der Waals surface area (Å²) in [6, 6.07) is 16.1. The van der Waals surface area contributed by atoms with E-state index in [0.717, 1.165) is 35.3 Å². The van der Waals surface area contributed by atoms with Gasteiger partial charge in [-0.25, -0.2) is 0 Å². The molecule has 0 aliphatic heterocycles. The van der Waals surface area contributed by atoms with Crippen molar-refractivity contribution >= 4 is 23.2 Å². The van der Waals surface area contributed by atoms with Crippen molar-refractivity contribution in [3.8, 4) is 0 Å². The number of benzene rings is 2. The van der Waals surface area contributed by atoms with Crippen LogP contribution in [-0.2, 0) is 16.1 Å². The third kappa shape index (κ3) is 6.35. The Morgan fingerprint density at radius 3 is 2.28 bits per heavy atom. The third-order valence-electron chi connectivity index (χ3n) is 5.84. The summed E-state index contributed by atoms with van der Waals surface area (Å²) in [6.45, 7) is 8.76. The Hall–Kier alpha value is -2.82. The first kappa shape index (κ1) is 23.8. The standard InChI is InChI=1S/C27H37N3O2/c1-19(20-10-8-7-9-11-20)30(26(32)21-12-13-21)18-22-16-23(14-15-24(22)29(5)6)28-25(31)17-27(2,3)4/h7-11,14-16,19,21H,12-13,17-18H2,1-6H3,(H,28,31)/t19-/m0/s1. The average molecular weight is 436 g/mol. The summed E-state index contributed by atoms with van der Waals surface area (Å²) in [6.07, 6.45) is 2.40. The monoisotopic (exact) mass is 435 g/mol. The minimum absolute atomic E-state index is 0.00428. The molecule has 0 unspecified atom stereocenters. The van der Waals surface area contributed by atoms with Gasteiger partial charge in [0.25, 0.3) is 0 Å². The quantitative estimate of drug-likeness (QED) is 0.585. The number of anilines is 2. The summed E-state index contributed by atoms with van der Waals surface area (Å²) < 4.78 is 0. The molecule has 0 radical (unpaired) electrons. The zero-order valence-corrected chi connectivity index (χ0v) is 20.3. The molecular formula is C27H37N3O2. The maximum atomic E-state index is 13.3. The van der Waals surface area contributed by atoms with Gasteiger partial charge in [0.1, 0.15) is 0 Å². The lowest BCUT2D eigenvalue weighted by molar-refractivity contribution is -0.135. The second-order valence-corrected chi connectivity index (χ2v) is 10.4. The van der Waals surface area contributed by atoms with Crippen molar-refractivity contribution in [2.24, 2.45) is 11.3 Å². The lowest BCUT2D eigenvalue weighted by Gasteiger charge is -2.32. The molecule has 0 spiro atoms. The Morgan fingerprint density at radius 2 is 1.72 bits per heavy atom. The predicted octanol–water partition coefficient (Wildman–Crippen LogP) is 5.63. The molecule has 1 saturated carbocycles. The van der Waals surface area contributed by atoms with E-state index in [9.17, 15) is 9.59 Å². The van der Waals surface area contributed by atoms with Gasteiger partial charge in [0.05, 0.1) is 6.04 Å². The maximum Gasteiger partial charge on any atom is 0.226 e. The molecule has 2 amide bonds. The number of nitrogens with zero attached hydrogens (tertiary/aromatic N) is 2. The second-order valence-electron chi connectivity index (χ2n) is 10.4. The first-order chi connectivity index (χ1) is 15.0. The molecule has 0 bridgehead atoms. The van der Waals surface area contributed by atoms with Gasteiger partial charge in [-0.3, -0.25) is 9.59 Å². The van der Waals surface area contributed by atoms with E-state index in [0.29, 0.717) is 13.0 Å². The van der Waals surface area contributed by atoms with E-state index in [1.807, 2.05) is 55.4 Å². The van der Waals surface area contributed by atoms with Crippen LogP contribution in [0.4, 0.5) is 11.4 Å². The van der Waals surface area contributed by atoms with E-state index in [1.54, 1.807) is 0 Å². The molecule has 1 aliphatic rings. The van der Waals surface area contributed by atoms with E-state index >= 15 is 0 Å². The summed E-state index contributed by atoms with van der Waals surface area (Å²) in [7, 11) is 4.01. The lowest BCUT2D eigenvalue weighted by Crippen LogP contribution is -2.34. The summed E-state index contributed by atoms with van der Waals surface area (Å²) in [5.41, 5.74) is 3.90. The predicted molar refractivity (Wildman–Crippen MR) is 132 cm³/mol. The normalized spacial score (nSPS) is 14.6. The highest BCUT2D eigenvalue weighted by Gasteiger charge is 2.36. The molecular weight excluding hydrogens is 398 g/mol. The number of rotatable bonds is 8. The van der Waals surface area contributed by atoms with Crippen molar-refractivity contribution in [2.45, 2.75) is 59.5 Å². The average Bonchev–Trinajstić information content (AvgIpc) is 3.55. The smallest absolute Gasteiger partial charge is 0.226 e. The number of nitrogens with one attached hydrogen (secondary N) is 1. The Labute approximate surface area is 192 Å². The molecule has 32 heavy (non-hydrogen) atoms. The second kappa shape index (κ2) is 9.76. The van der Waals surface area contributed by atoms with Crippen LogP contribution in [0.25, 0.3) is 0 Å². The number of amides is 2. The molecule has 2 aromatic carbocycles. The largest absolute Gasteiger partial charge is 0.377 e. The van der Waals surface area contributed by atoms with Crippen LogP contribution in [0.1, 0.15) is 64.1 Å². The lowest BCUT2D eigenvalue weighted by atomic mass is 9.92. The van der Waals surface area contributed by atoms with Gasteiger partial charge >= 0.3 is 0 Å². The van der Waals surface area contributed by atoms with Crippen molar-refractivity contribution < 1.29 is 9.59 Å². The molecule has 5 nitrogen and oxygen atoms in total. The SMILES string of the molecule is C[C@@H](c1ccccc1)N(Cc1cc(NC(=O)CC(C)(C)C)ccc1N(C)C)C(=O)C1CC1. The fraction of sp³-hybridized carbons (Fsp3) is 0.481. The Bertz CT molecular complexity index is 943. The first-order valence-corrected chi connectivity index (χ1v) is 11.5. The van der Waals surface area contributed by atoms with Gasteiger partial charge in [-0.2, -0.15) is 0 Å². The highest BCUT2D eigenvalue weighted by molar-refractivity contribution is 5.91. The molecule has 0 heterocycles. The van der Waals surface area contributed by atoms with Crippen LogP contribution < -0.4 is 10.2 Å². The zero-order chi connectivity index (χ0) is 23.5. The molecule has 1 atom stereocenters. The molecule has 2 aromatic rings. The minimum Gasteiger partial charge on any atom is -0.377 e. The van der Waals surface area contributed by atoms with Gasteiger partial charge < -0.3 is 15.1 Å². The topological polar surface area (TPSA) is 52.7 Å². The zero-order valence-electron chi connectivity index (χ0n) is 20.3. The van der Waals surface area contributed by atoms with Crippen LogP contribution >= 0.6 is 0 Å². The van der Waals surface area contributed by atoms with Gasteiger partial charge in [-0.15, -0.1) is 0 Å². The van der Waals surface area contributed by atoms with Crippen LogP contribution in [-0.4, -0.2) is 30.8 Å². The molecule has 3 rings (SSSR count). The molecule has 5 heteroatoms. The minimum atomic E-state index is -0.0743. The van der Waals surface area contributed by atoms with E-state index in [4.69, 9.17) is 0 Å². The molecule has 0 saturated heterocycles. The van der Waals surface area contributed by atoms with Gasteiger partial charge in [0.15, 0.2) is 0 Å². The van der Waals surface area contributed by atoms with Crippen molar-refractivity contribution in [1.82, 2.24) is 4.90 Å². The molecule has 1 fully saturated rings. The summed E-state index contributed by atoms with van der Waals surface area (Å²) >= 11 is 0. The van der Waals surface area contributed by atoms with Crippen LogP contribution in [0.2, 0.25) is 0 Å². The molecule has 172 valence electrons. The van der Waals surface area contributed by atoms with Crippen LogP contribution in [0.5, 0.6) is 0 Å². The van der Waals surface area contributed by atoms with Crippen molar-refractivity contribution in [3.63, 3.8) is 0 Å². The fourth-order valence-electron chi connectivity index (χ4n) is 3.98. The molecule has 0 aromatic heterocycles.